The van der Waals surface area contributed by atoms with Gasteiger partial charge in [0.25, 0.3) is 11.8 Å². The number of hydrogen-bond donors (Lipinski definition) is 2. The average Bonchev–Trinajstić information content (AvgIpc) is 3.05. The lowest BCUT2D eigenvalue weighted by Crippen LogP contribution is -2.16. The predicted octanol–water partition coefficient (Wildman–Crippen LogP) is 2.80. The van der Waals surface area contributed by atoms with Gasteiger partial charge in [-0.2, -0.15) is 0 Å². The number of carbonyl (C=O) groups excluding carboxylic acids is 2. The average molecular weight is 325 g/mol. The van der Waals surface area contributed by atoms with Crippen molar-refractivity contribution in [2.45, 2.75) is 25.7 Å². The molecule has 5 nitrogen and oxygen atoms in total. The normalized spacial score (nSPS) is 17.7. The van der Waals surface area contributed by atoms with E-state index in [-0.39, 0.29) is 5.91 Å². The highest BCUT2D eigenvalue weighted by Gasteiger charge is 2.28. The van der Waals surface area contributed by atoms with Gasteiger partial charge in [0, 0.05) is 10.4 Å². The monoisotopic (exact) mass is 325 g/mol. The Bertz CT molecular complexity index is 867. The molecule has 1 aliphatic carbocycles. The Hall–Kier alpha value is -2.47. The molecule has 0 unspecified atom stereocenters. The predicted molar refractivity (Wildman–Crippen MR) is 90.7 cm³/mol. The van der Waals surface area contributed by atoms with Gasteiger partial charge in [0.1, 0.15) is 10.7 Å². The molecule has 1 aromatic carbocycles. The summed E-state index contributed by atoms with van der Waals surface area (Å²) in [7, 11) is 0. The summed E-state index contributed by atoms with van der Waals surface area (Å²) in [6.07, 6.45) is 3.99. The lowest BCUT2D eigenvalue weighted by atomic mass is 9.95. The van der Waals surface area contributed by atoms with Crippen LogP contribution in [0.15, 0.2) is 29.3 Å². The van der Waals surface area contributed by atoms with Crippen LogP contribution in [-0.2, 0) is 17.6 Å². The molecule has 0 saturated heterocycles. The van der Waals surface area contributed by atoms with E-state index in [1.807, 2.05) is 24.3 Å². The fraction of sp³-hybridized carbons (Fsp3) is 0.235. The first-order valence-electron chi connectivity index (χ1n) is 7.59. The molecule has 0 radical (unpaired) electrons. The Kier molecular flexibility index (Phi) is 3.27. The Morgan fingerprint density at radius 1 is 1.22 bits per heavy atom. The van der Waals surface area contributed by atoms with Crippen LogP contribution in [0.4, 0.5) is 10.7 Å². The van der Waals surface area contributed by atoms with Crippen molar-refractivity contribution in [2.75, 3.05) is 5.32 Å². The van der Waals surface area contributed by atoms with Crippen LogP contribution in [0.3, 0.4) is 0 Å². The van der Waals surface area contributed by atoms with E-state index in [1.54, 1.807) is 0 Å². The quantitative estimate of drug-likeness (QED) is 0.890. The number of fused-ring (bicyclic) bond motifs is 2. The zero-order valence-electron chi connectivity index (χ0n) is 12.4. The molecule has 2 amide bonds. The molecule has 4 rings (SSSR count). The van der Waals surface area contributed by atoms with Gasteiger partial charge in [0.15, 0.2) is 0 Å². The molecule has 2 aliphatic rings. The van der Waals surface area contributed by atoms with Gasteiger partial charge < -0.3 is 11.1 Å². The number of para-hydroxylation sites is 1. The van der Waals surface area contributed by atoms with E-state index in [1.165, 1.54) is 16.2 Å². The van der Waals surface area contributed by atoms with Crippen molar-refractivity contribution in [3.63, 3.8) is 0 Å². The second-order valence-electron chi connectivity index (χ2n) is 5.72. The maximum Gasteiger partial charge on any atom is 0.275 e. The van der Waals surface area contributed by atoms with E-state index in [4.69, 9.17) is 5.73 Å². The van der Waals surface area contributed by atoms with Gasteiger partial charge in [-0.3, -0.25) is 9.59 Å². The van der Waals surface area contributed by atoms with E-state index >= 15 is 0 Å². The Balaban J connectivity index is 1.87. The summed E-state index contributed by atoms with van der Waals surface area (Å²) in [5.74, 6) is -0.705. The van der Waals surface area contributed by atoms with E-state index in [0.29, 0.717) is 16.3 Å². The topological polar surface area (TPSA) is 84.6 Å². The van der Waals surface area contributed by atoms with Gasteiger partial charge >= 0.3 is 0 Å². The zero-order chi connectivity index (χ0) is 16.0. The van der Waals surface area contributed by atoms with Crippen LogP contribution in [0.2, 0.25) is 0 Å². The molecule has 0 fully saturated rings. The lowest BCUT2D eigenvalue weighted by molar-refractivity contribution is -0.110. The summed E-state index contributed by atoms with van der Waals surface area (Å²) in [5.41, 5.74) is 8.97. The number of benzene rings is 1. The maximum absolute atomic E-state index is 12.2. The molecule has 1 aliphatic heterocycles. The minimum Gasteiger partial charge on any atom is -0.365 e. The molecular formula is C17H15N3O2S. The van der Waals surface area contributed by atoms with Crippen LogP contribution < -0.4 is 11.1 Å². The van der Waals surface area contributed by atoms with Crippen molar-refractivity contribution in [3.05, 3.63) is 45.8 Å². The SMILES string of the molecule is NC(=O)c1c(N=C2C(=O)Nc3ccccc32)sc2c1CCCC2. The van der Waals surface area contributed by atoms with E-state index in [0.717, 1.165) is 42.5 Å². The largest absolute Gasteiger partial charge is 0.365 e. The van der Waals surface area contributed by atoms with Gasteiger partial charge in [0.2, 0.25) is 0 Å². The third-order valence-electron chi connectivity index (χ3n) is 4.26. The minimum absolute atomic E-state index is 0.243. The first-order valence-corrected chi connectivity index (χ1v) is 8.40. The Morgan fingerprint density at radius 2 is 2.00 bits per heavy atom. The maximum atomic E-state index is 12.2. The van der Waals surface area contributed by atoms with Gasteiger partial charge in [0.05, 0.1) is 11.3 Å². The Labute approximate surface area is 137 Å². The van der Waals surface area contributed by atoms with Gasteiger partial charge in [-0.05, 0) is 37.3 Å². The number of hydrogen-bond acceptors (Lipinski definition) is 4. The number of nitrogens with zero attached hydrogens (tertiary/aromatic N) is 1. The molecule has 0 atom stereocenters. The first kappa shape index (κ1) is 14.1. The molecule has 2 aromatic rings. The number of primary amides is 1. The van der Waals surface area contributed by atoms with Crippen molar-refractivity contribution < 1.29 is 9.59 Å². The van der Waals surface area contributed by atoms with E-state index < -0.39 is 5.91 Å². The van der Waals surface area contributed by atoms with Gasteiger partial charge in [-0.1, -0.05) is 18.2 Å². The third kappa shape index (κ3) is 2.26. The zero-order valence-corrected chi connectivity index (χ0v) is 13.2. The van der Waals surface area contributed by atoms with Crippen LogP contribution in [0.5, 0.6) is 0 Å². The van der Waals surface area contributed by atoms with Crippen LogP contribution in [0.25, 0.3) is 0 Å². The molecule has 1 aromatic heterocycles. The summed E-state index contributed by atoms with van der Waals surface area (Å²) < 4.78 is 0. The second-order valence-corrected chi connectivity index (χ2v) is 6.80. The summed E-state index contributed by atoms with van der Waals surface area (Å²) in [6.45, 7) is 0. The number of carbonyl (C=O) groups is 2. The van der Waals surface area contributed by atoms with E-state index in [9.17, 15) is 9.59 Å². The van der Waals surface area contributed by atoms with Gasteiger partial charge in [-0.15, -0.1) is 11.3 Å². The first-order chi connectivity index (χ1) is 11.1. The van der Waals surface area contributed by atoms with Gasteiger partial charge in [-0.25, -0.2) is 4.99 Å². The number of nitrogens with one attached hydrogen (secondary N) is 1. The summed E-state index contributed by atoms with van der Waals surface area (Å²) in [5, 5.41) is 3.36. The van der Waals surface area contributed by atoms with Crippen molar-refractivity contribution in [3.8, 4) is 0 Å². The van der Waals surface area contributed by atoms with Crippen molar-refractivity contribution in [1.82, 2.24) is 0 Å². The standard InChI is InChI=1S/C17H15N3O2S/c18-15(21)13-10-6-2-4-8-12(10)23-17(13)20-14-9-5-1-3-7-11(9)19-16(14)22/h1,3,5,7H,2,4,6,8H2,(H2,18,21)(H,19,20,22). The lowest BCUT2D eigenvalue weighted by Gasteiger charge is -2.10. The number of rotatable bonds is 2. The molecule has 0 bridgehead atoms. The highest BCUT2D eigenvalue weighted by molar-refractivity contribution is 7.16. The fourth-order valence-electron chi connectivity index (χ4n) is 3.20. The Morgan fingerprint density at radius 3 is 2.83 bits per heavy atom. The smallest absolute Gasteiger partial charge is 0.275 e. The molecule has 3 N–H and O–H groups in total. The van der Waals surface area contributed by atoms with Crippen molar-refractivity contribution in [1.29, 1.82) is 0 Å². The molecular weight excluding hydrogens is 310 g/mol. The number of aryl methyl sites for hydroxylation is 1. The number of thiophene rings is 1. The van der Waals surface area contributed by atoms with Crippen LogP contribution in [-0.4, -0.2) is 17.5 Å². The number of anilines is 1. The second kappa shape index (κ2) is 5.31. The van der Waals surface area contributed by atoms with Crippen molar-refractivity contribution >= 4 is 39.6 Å². The van der Waals surface area contributed by atoms with Crippen LogP contribution >= 0.6 is 11.3 Å². The number of aliphatic imine (C=N–C) groups is 1. The van der Waals surface area contributed by atoms with Crippen molar-refractivity contribution in [2.24, 2.45) is 10.7 Å². The molecule has 23 heavy (non-hydrogen) atoms. The number of amides is 2. The third-order valence-corrected chi connectivity index (χ3v) is 5.44. The summed E-state index contributed by atoms with van der Waals surface area (Å²) in [4.78, 5) is 29.8. The van der Waals surface area contributed by atoms with Crippen LogP contribution in [0, 0.1) is 0 Å². The molecule has 116 valence electrons. The summed E-state index contributed by atoms with van der Waals surface area (Å²) in [6, 6.07) is 7.41. The molecule has 0 saturated carbocycles. The van der Waals surface area contributed by atoms with Crippen LogP contribution in [0.1, 0.15) is 39.2 Å². The highest BCUT2D eigenvalue weighted by atomic mass is 32.1. The fourth-order valence-corrected chi connectivity index (χ4v) is 4.47. The minimum atomic E-state index is -0.463. The highest BCUT2D eigenvalue weighted by Crippen LogP contribution is 2.40. The molecule has 2 heterocycles. The summed E-state index contributed by atoms with van der Waals surface area (Å²) >= 11 is 1.49. The number of nitrogens with two attached hydrogens (primary N) is 1. The molecule has 0 spiro atoms. The van der Waals surface area contributed by atoms with E-state index in [2.05, 4.69) is 10.3 Å². The molecule has 6 heteroatoms.